The van der Waals surface area contributed by atoms with Crippen LogP contribution in [0.25, 0.3) is 0 Å². The topological polar surface area (TPSA) is 20.2 Å². The molecule has 0 amide bonds. The first-order chi connectivity index (χ1) is 8.91. The molecule has 2 aromatic rings. The quantitative estimate of drug-likeness (QED) is 0.776. The summed E-state index contributed by atoms with van der Waals surface area (Å²) in [5.74, 6) is -1.34. The Balaban J connectivity index is 2.53. The van der Waals surface area contributed by atoms with Gasteiger partial charge >= 0.3 is 0 Å². The number of hydrogen-bond donors (Lipinski definition) is 1. The van der Waals surface area contributed by atoms with Gasteiger partial charge in [0.15, 0.2) is 0 Å². The predicted octanol–water partition coefficient (Wildman–Crippen LogP) is 4.77. The molecule has 0 bridgehead atoms. The number of hydrogen-bond acceptors (Lipinski definition) is 1. The fraction of sp³-hybridized carbons (Fsp3) is 0.143. The van der Waals surface area contributed by atoms with Crippen molar-refractivity contribution in [3.05, 3.63) is 68.2 Å². The Morgan fingerprint density at radius 3 is 2.53 bits per heavy atom. The van der Waals surface area contributed by atoms with Gasteiger partial charge in [0.1, 0.15) is 17.7 Å². The lowest BCUT2D eigenvalue weighted by Gasteiger charge is -2.15. The Kier molecular flexibility index (Phi) is 4.23. The molecule has 0 heterocycles. The predicted molar refractivity (Wildman–Crippen MR) is 74.3 cm³/mol. The third kappa shape index (κ3) is 2.81. The van der Waals surface area contributed by atoms with E-state index in [4.69, 9.17) is 11.6 Å². The first-order valence-corrected chi connectivity index (χ1v) is 6.66. The van der Waals surface area contributed by atoms with Gasteiger partial charge in [0.05, 0.1) is 4.47 Å². The van der Waals surface area contributed by atoms with E-state index in [0.717, 1.165) is 17.7 Å². The van der Waals surface area contributed by atoms with Crippen molar-refractivity contribution in [2.24, 2.45) is 0 Å². The van der Waals surface area contributed by atoms with Gasteiger partial charge in [-0.3, -0.25) is 0 Å². The molecule has 5 heteroatoms. The molecule has 1 nitrogen and oxygen atoms in total. The maximum absolute atomic E-state index is 13.8. The van der Waals surface area contributed by atoms with Crippen LogP contribution in [0.2, 0.25) is 5.02 Å². The lowest BCUT2D eigenvalue weighted by Crippen LogP contribution is -2.05. The number of halogens is 4. The summed E-state index contributed by atoms with van der Waals surface area (Å²) in [6.07, 6.45) is -1.31. The summed E-state index contributed by atoms with van der Waals surface area (Å²) in [6, 6.07) is 7.00. The van der Waals surface area contributed by atoms with Crippen LogP contribution in [0.3, 0.4) is 0 Å². The van der Waals surface area contributed by atoms with Crippen LogP contribution in [0.15, 0.2) is 34.8 Å². The third-order valence-electron chi connectivity index (χ3n) is 2.85. The van der Waals surface area contributed by atoms with E-state index < -0.39 is 17.7 Å². The molecule has 0 spiro atoms. The van der Waals surface area contributed by atoms with Gasteiger partial charge in [0.25, 0.3) is 0 Å². The summed E-state index contributed by atoms with van der Waals surface area (Å²) in [6.45, 7) is 1.77. The van der Waals surface area contributed by atoms with Crippen molar-refractivity contribution < 1.29 is 13.9 Å². The van der Waals surface area contributed by atoms with Crippen molar-refractivity contribution in [3.8, 4) is 0 Å². The molecular formula is C14H10BrClF2O. The average Bonchev–Trinajstić information content (AvgIpc) is 2.36. The fourth-order valence-corrected chi connectivity index (χ4v) is 2.34. The minimum atomic E-state index is -1.31. The molecule has 0 saturated carbocycles. The lowest BCUT2D eigenvalue weighted by molar-refractivity contribution is 0.214. The molecule has 2 rings (SSSR count). The molecular weight excluding hydrogens is 338 g/mol. The van der Waals surface area contributed by atoms with Crippen molar-refractivity contribution >= 4 is 27.5 Å². The first kappa shape index (κ1) is 14.4. The standard InChI is InChI=1S/C14H10BrClF2O/c1-7-3-2-4-8(13(7)16)14(19)9-5-12(18)10(15)6-11(9)17/h2-6,14,19H,1H3. The van der Waals surface area contributed by atoms with Crippen LogP contribution in [0, 0.1) is 18.6 Å². The summed E-state index contributed by atoms with van der Waals surface area (Å²) in [5.41, 5.74) is 0.965. The van der Waals surface area contributed by atoms with E-state index >= 15 is 0 Å². The van der Waals surface area contributed by atoms with E-state index in [1.807, 2.05) is 0 Å². The highest BCUT2D eigenvalue weighted by Crippen LogP contribution is 2.33. The van der Waals surface area contributed by atoms with Crippen LogP contribution in [0.4, 0.5) is 8.78 Å². The van der Waals surface area contributed by atoms with Crippen LogP contribution in [-0.4, -0.2) is 5.11 Å². The molecule has 1 N–H and O–H groups in total. The Bertz CT molecular complexity index is 631. The van der Waals surface area contributed by atoms with Gasteiger partial charge in [0, 0.05) is 16.1 Å². The number of aliphatic hydroxyl groups is 1. The minimum absolute atomic E-state index is 0.0105. The monoisotopic (exact) mass is 346 g/mol. The third-order valence-corrected chi connectivity index (χ3v) is 3.97. The highest BCUT2D eigenvalue weighted by molar-refractivity contribution is 9.10. The number of aliphatic hydroxyl groups excluding tert-OH is 1. The molecule has 2 aromatic carbocycles. The second kappa shape index (κ2) is 5.57. The van der Waals surface area contributed by atoms with Gasteiger partial charge in [-0.25, -0.2) is 8.78 Å². The summed E-state index contributed by atoms with van der Waals surface area (Å²) in [7, 11) is 0. The number of benzene rings is 2. The lowest BCUT2D eigenvalue weighted by atomic mass is 9.99. The maximum atomic E-state index is 13.8. The van der Waals surface area contributed by atoms with Gasteiger partial charge in [-0.1, -0.05) is 29.8 Å². The van der Waals surface area contributed by atoms with E-state index in [1.54, 1.807) is 25.1 Å². The Morgan fingerprint density at radius 2 is 1.84 bits per heavy atom. The largest absolute Gasteiger partial charge is 0.383 e. The van der Waals surface area contributed by atoms with Gasteiger partial charge in [0.2, 0.25) is 0 Å². The zero-order chi connectivity index (χ0) is 14.2. The van der Waals surface area contributed by atoms with E-state index in [-0.39, 0.29) is 10.0 Å². The fourth-order valence-electron chi connectivity index (χ4n) is 1.80. The van der Waals surface area contributed by atoms with Crippen molar-refractivity contribution in [1.82, 2.24) is 0 Å². The molecule has 0 aliphatic heterocycles. The minimum Gasteiger partial charge on any atom is -0.383 e. The average molecular weight is 348 g/mol. The normalized spacial score (nSPS) is 12.5. The smallest absolute Gasteiger partial charge is 0.137 e. The van der Waals surface area contributed by atoms with Crippen molar-refractivity contribution in [2.75, 3.05) is 0 Å². The van der Waals surface area contributed by atoms with Crippen molar-refractivity contribution in [1.29, 1.82) is 0 Å². The zero-order valence-corrected chi connectivity index (χ0v) is 12.3. The van der Waals surface area contributed by atoms with Crippen LogP contribution >= 0.6 is 27.5 Å². The maximum Gasteiger partial charge on any atom is 0.137 e. The van der Waals surface area contributed by atoms with Gasteiger partial charge in [-0.05, 0) is 40.5 Å². The Labute approximate surface area is 123 Å². The van der Waals surface area contributed by atoms with E-state index in [9.17, 15) is 13.9 Å². The second-order valence-corrected chi connectivity index (χ2v) is 5.40. The summed E-state index contributed by atoms with van der Waals surface area (Å²) in [4.78, 5) is 0. The van der Waals surface area contributed by atoms with Crippen LogP contribution in [0.5, 0.6) is 0 Å². The Morgan fingerprint density at radius 1 is 1.16 bits per heavy atom. The zero-order valence-electron chi connectivity index (χ0n) is 9.92. The molecule has 100 valence electrons. The van der Waals surface area contributed by atoms with Crippen LogP contribution in [0.1, 0.15) is 22.8 Å². The van der Waals surface area contributed by atoms with Crippen LogP contribution in [-0.2, 0) is 0 Å². The summed E-state index contributed by atoms with van der Waals surface area (Å²) in [5, 5.41) is 10.5. The molecule has 0 radical (unpaired) electrons. The highest BCUT2D eigenvalue weighted by Gasteiger charge is 2.20. The van der Waals surface area contributed by atoms with Gasteiger partial charge in [-0.2, -0.15) is 0 Å². The van der Waals surface area contributed by atoms with Crippen LogP contribution < -0.4 is 0 Å². The molecule has 0 saturated heterocycles. The van der Waals surface area contributed by atoms with Gasteiger partial charge in [-0.15, -0.1) is 0 Å². The van der Waals surface area contributed by atoms with E-state index in [2.05, 4.69) is 15.9 Å². The number of rotatable bonds is 2. The van der Waals surface area contributed by atoms with Crippen molar-refractivity contribution in [2.45, 2.75) is 13.0 Å². The molecule has 1 atom stereocenters. The van der Waals surface area contributed by atoms with Crippen molar-refractivity contribution in [3.63, 3.8) is 0 Å². The molecule has 0 fully saturated rings. The SMILES string of the molecule is Cc1cccc(C(O)c2cc(F)c(Br)cc2F)c1Cl. The molecule has 1 unspecified atom stereocenters. The number of aryl methyl sites for hydroxylation is 1. The highest BCUT2D eigenvalue weighted by atomic mass is 79.9. The molecule has 0 aromatic heterocycles. The second-order valence-electron chi connectivity index (χ2n) is 4.17. The van der Waals surface area contributed by atoms with E-state index in [1.165, 1.54) is 0 Å². The Hall–Kier alpha value is -0.970. The molecule has 0 aliphatic carbocycles. The van der Waals surface area contributed by atoms with E-state index in [0.29, 0.717) is 10.6 Å². The molecule has 0 aliphatic rings. The summed E-state index contributed by atoms with van der Waals surface area (Å²) >= 11 is 8.96. The first-order valence-electron chi connectivity index (χ1n) is 5.49. The summed E-state index contributed by atoms with van der Waals surface area (Å²) < 4.78 is 27.3. The van der Waals surface area contributed by atoms with Gasteiger partial charge < -0.3 is 5.11 Å². The molecule has 19 heavy (non-hydrogen) atoms.